The minimum atomic E-state index is -1.17. The van der Waals surface area contributed by atoms with E-state index in [2.05, 4.69) is 0 Å². The number of phenolic OH excluding ortho intramolecular Hbond substituents is 1. The molecular formula is C14H13ClO2. The first-order valence-corrected chi connectivity index (χ1v) is 5.66. The highest BCUT2D eigenvalue weighted by Gasteiger charge is 2.27. The fourth-order valence-electron chi connectivity index (χ4n) is 1.80. The molecule has 0 fully saturated rings. The lowest BCUT2D eigenvalue weighted by Crippen LogP contribution is -2.23. The van der Waals surface area contributed by atoms with Gasteiger partial charge in [0.1, 0.15) is 11.4 Å². The second-order valence-electron chi connectivity index (χ2n) is 4.10. The molecule has 2 rings (SSSR count). The third kappa shape index (κ3) is 2.28. The number of halogens is 1. The second-order valence-corrected chi connectivity index (χ2v) is 4.51. The largest absolute Gasteiger partial charge is 0.508 e. The summed E-state index contributed by atoms with van der Waals surface area (Å²) in [4.78, 5) is 0. The third-order valence-electron chi connectivity index (χ3n) is 2.83. The molecule has 0 saturated heterocycles. The quantitative estimate of drug-likeness (QED) is 0.856. The molecule has 88 valence electrons. The van der Waals surface area contributed by atoms with Crippen molar-refractivity contribution >= 4 is 11.6 Å². The number of phenols is 1. The normalized spacial score (nSPS) is 14.3. The molecule has 3 heteroatoms. The first kappa shape index (κ1) is 12.0. The molecule has 0 aliphatic carbocycles. The molecule has 0 spiro atoms. The second kappa shape index (κ2) is 4.40. The van der Waals surface area contributed by atoms with Crippen molar-refractivity contribution in [3.63, 3.8) is 0 Å². The van der Waals surface area contributed by atoms with Crippen LogP contribution in [0.3, 0.4) is 0 Å². The first-order valence-electron chi connectivity index (χ1n) is 5.28. The Kier molecular flexibility index (Phi) is 3.09. The molecule has 2 aromatic rings. The molecule has 0 heterocycles. The highest BCUT2D eigenvalue weighted by atomic mass is 35.5. The van der Waals surface area contributed by atoms with Crippen LogP contribution in [0.1, 0.15) is 18.1 Å². The number of aliphatic hydroxyl groups is 1. The van der Waals surface area contributed by atoms with Gasteiger partial charge in [0.15, 0.2) is 0 Å². The SMILES string of the molecule is CC(O)(c1ccc(O)cc1)c1ccccc1Cl. The molecule has 0 saturated carbocycles. The van der Waals surface area contributed by atoms with Gasteiger partial charge in [-0.3, -0.25) is 0 Å². The summed E-state index contributed by atoms with van der Waals surface area (Å²) in [6.45, 7) is 1.68. The Morgan fingerprint density at radius 3 is 2.18 bits per heavy atom. The van der Waals surface area contributed by atoms with Gasteiger partial charge in [-0.2, -0.15) is 0 Å². The van der Waals surface area contributed by atoms with Crippen LogP contribution in [0.25, 0.3) is 0 Å². The minimum Gasteiger partial charge on any atom is -0.508 e. The summed E-state index contributed by atoms with van der Waals surface area (Å²) in [5.74, 6) is 0.170. The van der Waals surface area contributed by atoms with Crippen molar-refractivity contribution in [2.45, 2.75) is 12.5 Å². The lowest BCUT2D eigenvalue weighted by molar-refractivity contribution is 0.102. The van der Waals surface area contributed by atoms with E-state index >= 15 is 0 Å². The van der Waals surface area contributed by atoms with Crippen LogP contribution >= 0.6 is 11.6 Å². The van der Waals surface area contributed by atoms with Crippen molar-refractivity contribution < 1.29 is 10.2 Å². The summed E-state index contributed by atoms with van der Waals surface area (Å²) in [5.41, 5.74) is 0.155. The molecule has 2 N–H and O–H groups in total. The molecule has 0 aromatic heterocycles. The summed E-state index contributed by atoms with van der Waals surface area (Å²) >= 11 is 6.08. The van der Waals surface area contributed by atoms with E-state index in [0.29, 0.717) is 16.1 Å². The molecule has 0 bridgehead atoms. The van der Waals surface area contributed by atoms with Crippen LogP contribution in [0.2, 0.25) is 5.02 Å². The Bertz CT molecular complexity index is 518. The average molecular weight is 249 g/mol. The maximum atomic E-state index is 10.6. The van der Waals surface area contributed by atoms with Crippen molar-refractivity contribution in [1.29, 1.82) is 0 Å². The topological polar surface area (TPSA) is 40.5 Å². The Morgan fingerprint density at radius 2 is 1.59 bits per heavy atom. The van der Waals surface area contributed by atoms with Crippen molar-refractivity contribution in [2.24, 2.45) is 0 Å². The van der Waals surface area contributed by atoms with E-state index in [1.165, 1.54) is 0 Å². The van der Waals surface area contributed by atoms with E-state index in [4.69, 9.17) is 11.6 Å². The van der Waals surface area contributed by atoms with Gasteiger partial charge in [0, 0.05) is 10.6 Å². The minimum absolute atomic E-state index is 0.170. The molecule has 2 nitrogen and oxygen atoms in total. The molecule has 0 amide bonds. The lowest BCUT2D eigenvalue weighted by atomic mass is 9.88. The summed E-state index contributed by atoms with van der Waals surface area (Å²) in [6, 6.07) is 13.6. The van der Waals surface area contributed by atoms with Crippen LogP contribution in [-0.2, 0) is 5.60 Å². The number of hydrogen-bond donors (Lipinski definition) is 2. The maximum Gasteiger partial charge on any atom is 0.115 e. The van der Waals surface area contributed by atoms with E-state index in [-0.39, 0.29) is 5.75 Å². The van der Waals surface area contributed by atoms with Crippen molar-refractivity contribution in [2.75, 3.05) is 0 Å². The van der Waals surface area contributed by atoms with Gasteiger partial charge in [-0.15, -0.1) is 0 Å². The van der Waals surface area contributed by atoms with Gasteiger partial charge < -0.3 is 10.2 Å². The maximum absolute atomic E-state index is 10.6. The number of hydrogen-bond acceptors (Lipinski definition) is 2. The van der Waals surface area contributed by atoms with E-state index in [1.807, 2.05) is 12.1 Å². The zero-order valence-electron chi connectivity index (χ0n) is 9.39. The lowest BCUT2D eigenvalue weighted by Gasteiger charge is -2.25. The van der Waals surface area contributed by atoms with Gasteiger partial charge in [0.2, 0.25) is 0 Å². The zero-order chi connectivity index (χ0) is 12.5. The first-order chi connectivity index (χ1) is 8.01. The number of benzene rings is 2. The Labute approximate surface area is 105 Å². The molecular weight excluding hydrogens is 236 g/mol. The molecule has 2 aromatic carbocycles. The van der Waals surface area contributed by atoms with Crippen molar-refractivity contribution in [3.8, 4) is 5.75 Å². The highest BCUT2D eigenvalue weighted by Crippen LogP contribution is 2.34. The Morgan fingerprint density at radius 1 is 1.00 bits per heavy atom. The predicted molar refractivity (Wildman–Crippen MR) is 68.2 cm³/mol. The third-order valence-corrected chi connectivity index (χ3v) is 3.16. The molecule has 1 atom stereocenters. The van der Waals surface area contributed by atoms with Crippen LogP contribution in [0.15, 0.2) is 48.5 Å². The monoisotopic (exact) mass is 248 g/mol. The van der Waals surface area contributed by atoms with Gasteiger partial charge in [0.25, 0.3) is 0 Å². The van der Waals surface area contributed by atoms with Crippen LogP contribution in [-0.4, -0.2) is 10.2 Å². The van der Waals surface area contributed by atoms with E-state index in [9.17, 15) is 10.2 Å². The van der Waals surface area contributed by atoms with Crippen molar-refractivity contribution in [3.05, 3.63) is 64.7 Å². The van der Waals surface area contributed by atoms with E-state index in [0.717, 1.165) is 0 Å². The molecule has 17 heavy (non-hydrogen) atoms. The summed E-state index contributed by atoms with van der Waals surface area (Å²) in [6.07, 6.45) is 0. The summed E-state index contributed by atoms with van der Waals surface area (Å²) in [5, 5.41) is 20.3. The van der Waals surface area contributed by atoms with E-state index < -0.39 is 5.60 Å². The average Bonchev–Trinajstić information content (AvgIpc) is 2.30. The van der Waals surface area contributed by atoms with E-state index in [1.54, 1.807) is 43.3 Å². The highest BCUT2D eigenvalue weighted by molar-refractivity contribution is 6.31. The molecule has 0 aliphatic rings. The van der Waals surface area contributed by atoms with Crippen LogP contribution < -0.4 is 0 Å². The molecule has 1 unspecified atom stereocenters. The van der Waals surface area contributed by atoms with Crippen LogP contribution in [0.4, 0.5) is 0 Å². The smallest absolute Gasteiger partial charge is 0.115 e. The fourth-order valence-corrected chi connectivity index (χ4v) is 2.12. The number of rotatable bonds is 2. The number of aromatic hydroxyl groups is 1. The van der Waals surface area contributed by atoms with Gasteiger partial charge in [0.05, 0.1) is 0 Å². The van der Waals surface area contributed by atoms with Gasteiger partial charge in [-0.05, 0) is 30.7 Å². The van der Waals surface area contributed by atoms with Gasteiger partial charge >= 0.3 is 0 Å². The summed E-state index contributed by atoms with van der Waals surface area (Å²) in [7, 11) is 0. The fraction of sp³-hybridized carbons (Fsp3) is 0.143. The predicted octanol–water partition coefficient (Wildman–Crippen LogP) is 3.30. The van der Waals surface area contributed by atoms with Gasteiger partial charge in [-0.25, -0.2) is 0 Å². The standard InChI is InChI=1S/C14H13ClO2/c1-14(17,10-6-8-11(16)9-7-10)12-4-2-3-5-13(12)15/h2-9,16-17H,1H3. The van der Waals surface area contributed by atoms with Crippen molar-refractivity contribution in [1.82, 2.24) is 0 Å². The summed E-state index contributed by atoms with van der Waals surface area (Å²) < 4.78 is 0. The van der Waals surface area contributed by atoms with Gasteiger partial charge in [-0.1, -0.05) is 41.9 Å². The van der Waals surface area contributed by atoms with Crippen LogP contribution in [0.5, 0.6) is 5.75 Å². The zero-order valence-corrected chi connectivity index (χ0v) is 10.1. The molecule has 0 aliphatic heterocycles. The molecule has 0 radical (unpaired) electrons. The Hall–Kier alpha value is -1.51. The van der Waals surface area contributed by atoms with Crippen LogP contribution in [0, 0.1) is 0 Å². The Balaban J connectivity index is 2.49.